The van der Waals surface area contributed by atoms with Crippen molar-refractivity contribution in [2.75, 3.05) is 19.7 Å². The van der Waals surface area contributed by atoms with Crippen LogP contribution in [0.3, 0.4) is 0 Å². The summed E-state index contributed by atoms with van der Waals surface area (Å²) in [5, 5.41) is 8.78. The first-order valence-corrected chi connectivity index (χ1v) is 4.81. The first-order valence-electron chi connectivity index (χ1n) is 4.81. The summed E-state index contributed by atoms with van der Waals surface area (Å²) in [6.45, 7) is 7.88. The van der Waals surface area contributed by atoms with Crippen molar-refractivity contribution < 1.29 is 9.90 Å². The van der Waals surface area contributed by atoms with Crippen LogP contribution in [0.2, 0.25) is 0 Å². The number of aliphatic hydroxyl groups excluding tert-OH is 1. The zero-order chi connectivity index (χ0) is 10.1. The van der Waals surface area contributed by atoms with Crippen LogP contribution < -0.4 is 0 Å². The number of hydrogen-bond donors (Lipinski definition) is 1. The van der Waals surface area contributed by atoms with Gasteiger partial charge < -0.3 is 10.0 Å². The highest BCUT2D eigenvalue weighted by molar-refractivity contribution is 5.77. The standard InChI is InChI=1S/C10H19NO2/c1-10(2,3)4-9(13)11-5-8(6-11)7-12/h8,12H,4-7H2,1-3H3. The van der Waals surface area contributed by atoms with Crippen LogP contribution in [0.5, 0.6) is 0 Å². The van der Waals surface area contributed by atoms with Gasteiger partial charge in [0.25, 0.3) is 0 Å². The van der Waals surface area contributed by atoms with Gasteiger partial charge in [-0.15, -0.1) is 0 Å². The molecular weight excluding hydrogens is 166 g/mol. The van der Waals surface area contributed by atoms with E-state index in [-0.39, 0.29) is 17.9 Å². The van der Waals surface area contributed by atoms with Crippen molar-refractivity contribution in [2.24, 2.45) is 11.3 Å². The van der Waals surface area contributed by atoms with Gasteiger partial charge in [0, 0.05) is 32.0 Å². The molecule has 1 rings (SSSR count). The molecular formula is C10H19NO2. The van der Waals surface area contributed by atoms with E-state index >= 15 is 0 Å². The minimum Gasteiger partial charge on any atom is -0.396 e. The third-order valence-electron chi connectivity index (χ3n) is 2.25. The molecule has 0 aromatic rings. The molecule has 3 nitrogen and oxygen atoms in total. The SMILES string of the molecule is CC(C)(C)CC(=O)N1CC(CO)C1. The van der Waals surface area contributed by atoms with Gasteiger partial charge in [0.1, 0.15) is 0 Å². The summed E-state index contributed by atoms with van der Waals surface area (Å²) in [7, 11) is 0. The van der Waals surface area contributed by atoms with Crippen molar-refractivity contribution in [3.63, 3.8) is 0 Å². The Morgan fingerprint density at radius 2 is 2.00 bits per heavy atom. The third-order valence-corrected chi connectivity index (χ3v) is 2.25. The molecule has 1 fully saturated rings. The Morgan fingerprint density at radius 3 is 2.38 bits per heavy atom. The molecule has 0 unspecified atom stereocenters. The second-order valence-corrected chi connectivity index (χ2v) is 5.08. The lowest BCUT2D eigenvalue weighted by molar-refractivity contribution is -0.140. The molecule has 1 N–H and O–H groups in total. The lowest BCUT2D eigenvalue weighted by Gasteiger charge is -2.39. The fourth-order valence-electron chi connectivity index (χ4n) is 1.45. The Kier molecular flexibility index (Phi) is 2.96. The topological polar surface area (TPSA) is 40.5 Å². The van der Waals surface area contributed by atoms with Crippen LogP contribution in [0.25, 0.3) is 0 Å². The fourth-order valence-corrected chi connectivity index (χ4v) is 1.45. The zero-order valence-corrected chi connectivity index (χ0v) is 8.71. The second-order valence-electron chi connectivity index (χ2n) is 5.08. The van der Waals surface area contributed by atoms with E-state index in [4.69, 9.17) is 5.11 Å². The van der Waals surface area contributed by atoms with Crippen LogP contribution in [-0.4, -0.2) is 35.6 Å². The van der Waals surface area contributed by atoms with Gasteiger partial charge >= 0.3 is 0 Å². The highest BCUT2D eigenvalue weighted by Gasteiger charge is 2.31. The average molecular weight is 185 g/mol. The van der Waals surface area contributed by atoms with Crippen molar-refractivity contribution in [3.05, 3.63) is 0 Å². The number of amides is 1. The van der Waals surface area contributed by atoms with Gasteiger partial charge in [0.2, 0.25) is 5.91 Å². The molecule has 0 bridgehead atoms. The van der Waals surface area contributed by atoms with E-state index in [0.29, 0.717) is 12.3 Å². The number of likely N-dealkylation sites (tertiary alicyclic amines) is 1. The van der Waals surface area contributed by atoms with E-state index < -0.39 is 0 Å². The Hall–Kier alpha value is -0.570. The molecule has 0 saturated carbocycles. The van der Waals surface area contributed by atoms with E-state index in [1.165, 1.54) is 0 Å². The first-order chi connectivity index (χ1) is 5.92. The zero-order valence-electron chi connectivity index (χ0n) is 8.71. The Bertz CT molecular complexity index is 190. The second kappa shape index (κ2) is 3.66. The van der Waals surface area contributed by atoms with Gasteiger partial charge in [-0.3, -0.25) is 4.79 Å². The van der Waals surface area contributed by atoms with Crippen LogP contribution in [0.1, 0.15) is 27.2 Å². The maximum atomic E-state index is 11.5. The van der Waals surface area contributed by atoms with Crippen LogP contribution in [-0.2, 0) is 4.79 Å². The Labute approximate surface area is 79.7 Å². The number of rotatable bonds is 2. The van der Waals surface area contributed by atoms with Crippen LogP contribution in [0, 0.1) is 11.3 Å². The van der Waals surface area contributed by atoms with E-state index in [1.807, 2.05) is 4.90 Å². The van der Waals surface area contributed by atoms with E-state index in [2.05, 4.69) is 20.8 Å². The number of carbonyl (C=O) groups excluding carboxylic acids is 1. The molecule has 0 aliphatic carbocycles. The van der Waals surface area contributed by atoms with Gasteiger partial charge in [-0.2, -0.15) is 0 Å². The normalized spacial score (nSPS) is 18.6. The molecule has 1 saturated heterocycles. The first kappa shape index (κ1) is 10.5. The molecule has 3 heteroatoms. The summed E-state index contributed by atoms with van der Waals surface area (Å²) < 4.78 is 0. The Balaban J connectivity index is 2.27. The lowest BCUT2D eigenvalue weighted by Crippen LogP contribution is -2.51. The summed E-state index contributed by atoms with van der Waals surface area (Å²) in [6, 6.07) is 0. The number of nitrogens with zero attached hydrogens (tertiary/aromatic N) is 1. The third kappa shape index (κ3) is 2.99. The van der Waals surface area contributed by atoms with Crippen molar-refractivity contribution >= 4 is 5.91 Å². The molecule has 76 valence electrons. The molecule has 1 aliphatic rings. The summed E-state index contributed by atoms with van der Waals surface area (Å²) in [4.78, 5) is 13.4. The monoisotopic (exact) mass is 185 g/mol. The van der Waals surface area contributed by atoms with Crippen molar-refractivity contribution in [1.82, 2.24) is 4.90 Å². The summed E-state index contributed by atoms with van der Waals surface area (Å²) in [5.41, 5.74) is 0.0708. The lowest BCUT2D eigenvalue weighted by atomic mass is 9.90. The van der Waals surface area contributed by atoms with Gasteiger partial charge in [-0.25, -0.2) is 0 Å². The summed E-state index contributed by atoms with van der Waals surface area (Å²) in [5.74, 6) is 0.543. The molecule has 13 heavy (non-hydrogen) atoms. The maximum Gasteiger partial charge on any atom is 0.223 e. The minimum atomic E-state index is 0.0708. The minimum absolute atomic E-state index is 0.0708. The number of aliphatic hydroxyl groups is 1. The maximum absolute atomic E-state index is 11.5. The van der Waals surface area contributed by atoms with Crippen LogP contribution in [0.4, 0.5) is 0 Å². The average Bonchev–Trinajstić information content (AvgIpc) is 1.79. The van der Waals surface area contributed by atoms with Crippen molar-refractivity contribution in [1.29, 1.82) is 0 Å². The quantitative estimate of drug-likeness (QED) is 0.693. The summed E-state index contributed by atoms with van der Waals surface area (Å²) >= 11 is 0. The van der Waals surface area contributed by atoms with Gasteiger partial charge in [-0.05, 0) is 5.41 Å². The van der Waals surface area contributed by atoms with Crippen molar-refractivity contribution in [2.45, 2.75) is 27.2 Å². The molecule has 1 amide bonds. The predicted molar refractivity (Wildman–Crippen MR) is 51.2 cm³/mol. The van der Waals surface area contributed by atoms with Gasteiger partial charge in [0.15, 0.2) is 0 Å². The molecule has 0 atom stereocenters. The van der Waals surface area contributed by atoms with E-state index in [0.717, 1.165) is 13.1 Å². The summed E-state index contributed by atoms with van der Waals surface area (Å²) in [6.07, 6.45) is 0.602. The van der Waals surface area contributed by atoms with Gasteiger partial charge in [0.05, 0.1) is 0 Å². The smallest absolute Gasteiger partial charge is 0.223 e. The molecule has 1 heterocycles. The highest BCUT2D eigenvalue weighted by atomic mass is 16.3. The van der Waals surface area contributed by atoms with Crippen LogP contribution >= 0.6 is 0 Å². The molecule has 0 aromatic heterocycles. The molecule has 0 aromatic carbocycles. The van der Waals surface area contributed by atoms with Crippen molar-refractivity contribution in [3.8, 4) is 0 Å². The molecule has 1 aliphatic heterocycles. The number of hydrogen-bond acceptors (Lipinski definition) is 2. The number of carbonyl (C=O) groups is 1. The largest absolute Gasteiger partial charge is 0.396 e. The van der Waals surface area contributed by atoms with E-state index in [1.54, 1.807) is 0 Å². The predicted octanol–water partition coefficient (Wildman–Crippen LogP) is 0.873. The molecule has 0 radical (unpaired) electrons. The van der Waals surface area contributed by atoms with Crippen LogP contribution in [0.15, 0.2) is 0 Å². The Morgan fingerprint density at radius 1 is 1.46 bits per heavy atom. The van der Waals surface area contributed by atoms with Gasteiger partial charge in [-0.1, -0.05) is 20.8 Å². The highest BCUT2D eigenvalue weighted by Crippen LogP contribution is 2.23. The van der Waals surface area contributed by atoms with E-state index in [9.17, 15) is 4.79 Å². The molecule has 0 spiro atoms. The fraction of sp³-hybridized carbons (Fsp3) is 0.900.